The number of hydrogen-bond acceptors (Lipinski definition) is 10. The minimum absolute atomic E-state index is 0.0994. The second kappa shape index (κ2) is 11.7. The smallest absolute Gasteiger partial charge is 0.321 e. The summed E-state index contributed by atoms with van der Waals surface area (Å²) in [7, 11) is 3.06. The predicted octanol–water partition coefficient (Wildman–Crippen LogP) is -0.521. The molecular formula is C10H16N2O8S4. The molecular weight excluding hydrogens is 404 g/mol. The van der Waals surface area contributed by atoms with Crippen molar-refractivity contribution in [3.05, 3.63) is 0 Å². The monoisotopic (exact) mass is 420 g/mol. The van der Waals surface area contributed by atoms with Gasteiger partial charge in [0.25, 0.3) is 0 Å². The van der Waals surface area contributed by atoms with Crippen LogP contribution in [0.3, 0.4) is 0 Å². The summed E-state index contributed by atoms with van der Waals surface area (Å²) in [6.45, 7) is 0. The second-order valence-corrected chi connectivity index (χ2v) is 9.28. The van der Waals surface area contributed by atoms with Crippen LogP contribution in [-0.2, 0) is 19.2 Å². The zero-order chi connectivity index (χ0) is 18.9. The van der Waals surface area contributed by atoms with Crippen molar-refractivity contribution in [2.75, 3.05) is 11.5 Å². The largest absolute Gasteiger partial charge is 0.480 e. The Morgan fingerprint density at radius 3 is 1.17 bits per heavy atom. The first-order valence-electron chi connectivity index (χ1n) is 6.06. The molecule has 0 saturated heterocycles. The summed E-state index contributed by atoms with van der Waals surface area (Å²) in [6.07, 6.45) is 0. The van der Waals surface area contributed by atoms with Gasteiger partial charge in [-0.2, -0.15) is 0 Å². The van der Waals surface area contributed by atoms with Crippen molar-refractivity contribution in [3.63, 3.8) is 0 Å². The third kappa shape index (κ3) is 8.89. The van der Waals surface area contributed by atoms with E-state index in [9.17, 15) is 29.4 Å². The lowest BCUT2D eigenvalue weighted by molar-refractivity contribution is -0.142. The molecule has 0 aromatic rings. The van der Waals surface area contributed by atoms with Crippen LogP contribution in [-0.4, -0.2) is 78.4 Å². The Bertz CT molecular complexity index is 438. The van der Waals surface area contributed by atoms with Gasteiger partial charge in [0.1, 0.15) is 22.6 Å². The quantitative estimate of drug-likeness (QED) is 0.208. The SMILES string of the molecule is N[C@H](CSS[C@@H](C(=O)O)[C@H](SSC[C@H](N)C(=O)O)C(=O)O)C(=O)O. The first-order chi connectivity index (χ1) is 11.1. The molecule has 0 unspecified atom stereocenters. The minimum atomic E-state index is -1.39. The molecule has 0 rings (SSSR count). The van der Waals surface area contributed by atoms with Gasteiger partial charge in [-0.3, -0.25) is 19.2 Å². The Hall–Kier alpha value is -0.800. The molecule has 0 saturated carbocycles. The van der Waals surface area contributed by atoms with Gasteiger partial charge in [0.15, 0.2) is 0 Å². The number of hydrogen-bond donors (Lipinski definition) is 6. The molecule has 24 heavy (non-hydrogen) atoms. The molecule has 138 valence electrons. The maximum atomic E-state index is 11.3. The van der Waals surface area contributed by atoms with Gasteiger partial charge in [-0.05, 0) is 0 Å². The van der Waals surface area contributed by atoms with E-state index in [1.165, 1.54) is 0 Å². The highest BCUT2D eigenvalue weighted by molar-refractivity contribution is 8.79. The molecule has 0 aromatic carbocycles. The number of nitrogens with two attached hydrogens (primary N) is 2. The Balaban J connectivity index is 4.68. The number of carbonyl (C=O) groups is 4. The van der Waals surface area contributed by atoms with E-state index >= 15 is 0 Å². The molecule has 14 heteroatoms. The molecule has 8 N–H and O–H groups in total. The first kappa shape index (κ1) is 23.2. The lowest BCUT2D eigenvalue weighted by Gasteiger charge is -2.19. The topological polar surface area (TPSA) is 201 Å². The predicted molar refractivity (Wildman–Crippen MR) is 94.2 cm³/mol. The van der Waals surface area contributed by atoms with Crippen molar-refractivity contribution < 1.29 is 39.6 Å². The molecule has 0 aliphatic heterocycles. The van der Waals surface area contributed by atoms with Crippen LogP contribution in [0.15, 0.2) is 0 Å². The summed E-state index contributed by atoms with van der Waals surface area (Å²) >= 11 is 0. The highest BCUT2D eigenvalue weighted by Crippen LogP contribution is 2.38. The van der Waals surface area contributed by atoms with Crippen LogP contribution in [0.25, 0.3) is 0 Å². The first-order valence-corrected chi connectivity index (χ1v) is 10.8. The van der Waals surface area contributed by atoms with Gasteiger partial charge in [0.2, 0.25) is 0 Å². The normalized spacial score (nSPS) is 15.9. The maximum absolute atomic E-state index is 11.3. The molecule has 0 heterocycles. The van der Waals surface area contributed by atoms with Gasteiger partial charge < -0.3 is 31.9 Å². The van der Waals surface area contributed by atoms with E-state index in [-0.39, 0.29) is 11.5 Å². The van der Waals surface area contributed by atoms with E-state index in [1.54, 1.807) is 0 Å². The number of carboxylic acid groups (broad SMARTS) is 4. The summed E-state index contributed by atoms with van der Waals surface area (Å²) < 4.78 is 0. The summed E-state index contributed by atoms with van der Waals surface area (Å²) in [5, 5.41) is 32.9. The van der Waals surface area contributed by atoms with Crippen LogP contribution >= 0.6 is 43.2 Å². The van der Waals surface area contributed by atoms with Crippen LogP contribution in [0, 0.1) is 0 Å². The number of rotatable bonds is 13. The molecule has 0 spiro atoms. The molecule has 4 atom stereocenters. The van der Waals surface area contributed by atoms with Gasteiger partial charge in [0.05, 0.1) is 0 Å². The van der Waals surface area contributed by atoms with Crippen molar-refractivity contribution in [2.45, 2.75) is 22.6 Å². The van der Waals surface area contributed by atoms with Crippen LogP contribution in [0.4, 0.5) is 0 Å². The van der Waals surface area contributed by atoms with Crippen molar-refractivity contribution >= 4 is 67.1 Å². The van der Waals surface area contributed by atoms with Crippen molar-refractivity contribution in [1.29, 1.82) is 0 Å². The molecule has 0 bridgehead atoms. The minimum Gasteiger partial charge on any atom is -0.480 e. The molecule has 0 amide bonds. The van der Waals surface area contributed by atoms with Crippen LogP contribution in [0.1, 0.15) is 0 Å². The maximum Gasteiger partial charge on any atom is 0.321 e. The summed E-state index contributed by atoms with van der Waals surface area (Å²) in [6, 6.07) is -2.40. The van der Waals surface area contributed by atoms with Crippen molar-refractivity contribution in [2.24, 2.45) is 11.5 Å². The Labute approximate surface area is 152 Å². The fraction of sp³-hybridized carbons (Fsp3) is 0.600. The molecule has 0 fully saturated rings. The lowest BCUT2D eigenvalue weighted by Crippen LogP contribution is -2.36. The molecule has 0 aliphatic rings. The van der Waals surface area contributed by atoms with E-state index in [4.69, 9.17) is 21.7 Å². The van der Waals surface area contributed by atoms with Crippen LogP contribution in [0.2, 0.25) is 0 Å². The third-order valence-corrected chi connectivity index (χ3v) is 7.91. The average Bonchev–Trinajstić information content (AvgIpc) is 2.47. The van der Waals surface area contributed by atoms with Crippen LogP contribution < -0.4 is 11.5 Å². The van der Waals surface area contributed by atoms with Gasteiger partial charge in [-0.1, -0.05) is 43.2 Å². The summed E-state index contributed by atoms with van der Waals surface area (Å²) in [5.74, 6) is -5.48. The third-order valence-electron chi connectivity index (χ3n) is 2.23. The van der Waals surface area contributed by atoms with Gasteiger partial charge in [-0.15, -0.1) is 0 Å². The summed E-state index contributed by atoms with van der Waals surface area (Å²) in [4.78, 5) is 43.7. The summed E-state index contributed by atoms with van der Waals surface area (Å²) in [5.41, 5.74) is 10.6. The number of carboxylic acids is 4. The average molecular weight is 421 g/mol. The van der Waals surface area contributed by atoms with Crippen molar-refractivity contribution in [3.8, 4) is 0 Å². The van der Waals surface area contributed by atoms with E-state index < -0.39 is 46.5 Å². The van der Waals surface area contributed by atoms with E-state index in [1.807, 2.05) is 0 Å². The zero-order valence-electron chi connectivity index (χ0n) is 11.9. The Kier molecular flexibility index (Phi) is 11.3. The molecule has 0 aromatic heterocycles. The molecule has 0 radical (unpaired) electrons. The standard InChI is InChI=1S/C10H16N2O8S4/c11-3(7(13)14)1-21-23-5(9(17)18)6(10(19)20)24-22-2-4(12)8(15)16/h3-6H,1-2,11-12H2,(H,13,14)(H,15,16)(H,17,18)(H,19,20)/t3-,4+,5-,6+. The van der Waals surface area contributed by atoms with E-state index in [0.29, 0.717) is 21.6 Å². The second-order valence-electron chi connectivity index (χ2n) is 4.17. The van der Waals surface area contributed by atoms with Gasteiger partial charge in [-0.25, -0.2) is 0 Å². The zero-order valence-corrected chi connectivity index (χ0v) is 15.2. The fourth-order valence-electron chi connectivity index (χ4n) is 0.957. The molecule has 0 aliphatic carbocycles. The Morgan fingerprint density at radius 2 is 0.958 bits per heavy atom. The highest BCUT2D eigenvalue weighted by atomic mass is 33.1. The van der Waals surface area contributed by atoms with Crippen molar-refractivity contribution in [1.82, 2.24) is 0 Å². The number of aliphatic carboxylic acids is 4. The van der Waals surface area contributed by atoms with Gasteiger partial charge in [0, 0.05) is 11.5 Å². The van der Waals surface area contributed by atoms with Gasteiger partial charge >= 0.3 is 23.9 Å². The highest BCUT2D eigenvalue weighted by Gasteiger charge is 2.36. The molecule has 10 nitrogen and oxygen atoms in total. The Morgan fingerprint density at radius 1 is 0.667 bits per heavy atom. The fourth-order valence-corrected chi connectivity index (χ4v) is 6.73. The van der Waals surface area contributed by atoms with E-state index in [2.05, 4.69) is 0 Å². The van der Waals surface area contributed by atoms with E-state index in [0.717, 1.165) is 21.6 Å². The lowest BCUT2D eigenvalue weighted by atomic mass is 10.3. The van der Waals surface area contributed by atoms with Crippen LogP contribution in [0.5, 0.6) is 0 Å².